The van der Waals surface area contributed by atoms with Gasteiger partial charge in [0.15, 0.2) is 5.69 Å². The number of rotatable bonds is 10. The first kappa shape index (κ1) is 21.5. The zero-order chi connectivity index (χ0) is 20.5. The molecule has 7 heteroatoms. The molecule has 1 amide bonds. The third-order valence-electron chi connectivity index (χ3n) is 4.92. The van der Waals surface area contributed by atoms with E-state index in [2.05, 4.69) is 44.4 Å². The van der Waals surface area contributed by atoms with Crippen LogP contribution in [0.1, 0.15) is 42.2 Å². The van der Waals surface area contributed by atoms with Gasteiger partial charge in [-0.2, -0.15) is 0 Å². The SMILES string of the molecule is CC(C)OCCCNC(=O)c1coc(CN2CCN(Cc3ccccc3)CC2)n1. The number of piperazine rings is 1. The summed E-state index contributed by atoms with van der Waals surface area (Å²) in [5.41, 5.74) is 1.69. The van der Waals surface area contributed by atoms with Gasteiger partial charge in [0.2, 0.25) is 5.89 Å². The van der Waals surface area contributed by atoms with E-state index in [4.69, 9.17) is 9.15 Å². The molecule has 158 valence electrons. The topological polar surface area (TPSA) is 70.8 Å². The van der Waals surface area contributed by atoms with Gasteiger partial charge in [-0.25, -0.2) is 4.98 Å². The molecule has 0 bridgehead atoms. The highest BCUT2D eigenvalue weighted by molar-refractivity contribution is 5.91. The molecule has 1 aliphatic rings. The van der Waals surface area contributed by atoms with Crippen molar-refractivity contribution < 1.29 is 13.9 Å². The van der Waals surface area contributed by atoms with Crippen LogP contribution >= 0.6 is 0 Å². The monoisotopic (exact) mass is 400 g/mol. The summed E-state index contributed by atoms with van der Waals surface area (Å²) >= 11 is 0. The lowest BCUT2D eigenvalue weighted by Gasteiger charge is -2.34. The number of amides is 1. The van der Waals surface area contributed by atoms with E-state index in [1.165, 1.54) is 11.8 Å². The highest BCUT2D eigenvalue weighted by Gasteiger charge is 2.19. The lowest BCUT2D eigenvalue weighted by Crippen LogP contribution is -2.45. The van der Waals surface area contributed by atoms with Gasteiger partial charge in [0.1, 0.15) is 6.26 Å². The average Bonchev–Trinajstić information content (AvgIpc) is 3.18. The van der Waals surface area contributed by atoms with Crippen LogP contribution in [0.25, 0.3) is 0 Å². The van der Waals surface area contributed by atoms with Crippen molar-refractivity contribution in [2.45, 2.75) is 39.5 Å². The Labute approximate surface area is 173 Å². The van der Waals surface area contributed by atoms with Crippen LogP contribution in [-0.2, 0) is 17.8 Å². The molecule has 1 aliphatic heterocycles. The van der Waals surface area contributed by atoms with E-state index in [1.807, 2.05) is 19.9 Å². The quantitative estimate of drug-likeness (QED) is 0.618. The average molecular weight is 401 g/mol. The van der Waals surface area contributed by atoms with Crippen LogP contribution in [0.2, 0.25) is 0 Å². The second kappa shape index (κ2) is 11.1. The summed E-state index contributed by atoms with van der Waals surface area (Å²) in [6.07, 6.45) is 2.44. The molecule has 3 rings (SSSR count). The molecule has 0 aliphatic carbocycles. The first-order valence-corrected chi connectivity index (χ1v) is 10.4. The second-order valence-corrected chi connectivity index (χ2v) is 7.69. The van der Waals surface area contributed by atoms with E-state index >= 15 is 0 Å². The van der Waals surface area contributed by atoms with Crippen molar-refractivity contribution in [2.75, 3.05) is 39.3 Å². The highest BCUT2D eigenvalue weighted by Crippen LogP contribution is 2.11. The van der Waals surface area contributed by atoms with Crippen LogP contribution < -0.4 is 5.32 Å². The Balaban J connectivity index is 1.36. The highest BCUT2D eigenvalue weighted by atomic mass is 16.5. The molecule has 1 aromatic heterocycles. The number of nitrogens with one attached hydrogen (secondary N) is 1. The fourth-order valence-corrected chi connectivity index (χ4v) is 3.31. The first-order valence-electron chi connectivity index (χ1n) is 10.4. The van der Waals surface area contributed by atoms with E-state index in [-0.39, 0.29) is 12.0 Å². The number of hydrogen-bond donors (Lipinski definition) is 1. The molecule has 1 N–H and O–H groups in total. The molecular weight excluding hydrogens is 368 g/mol. The normalized spacial score (nSPS) is 15.7. The Hall–Kier alpha value is -2.22. The van der Waals surface area contributed by atoms with Gasteiger partial charge in [0.05, 0.1) is 12.6 Å². The summed E-state index contributed by atoms with van der Waals surface area (Å²) in [7, 11) is 0. The summed E-state index contributed by atoms with van der Waals surface area (Å²) in [4.78, 5) is 21.3. The lowest BCUT2D eigenvalue weighted by molar-refractivity contribution is 0.0756. The summed E-state index contributed by atoms with van der Waals surface area (Å²) in [6.45, 7) is 10.8. The fraction of sp³-hybridized carbons (Fsp3) is 0.545. The van der Waals surface area contributed by atoms with Gasteiger partial charge < -0.3 is 14.5 Å². The Morgan fingerprint density at radius 3 is 2.52 bits per heavy atom. The Morgan fingerprint density at radius 1 is 1.14 bits per heavy atom. The van der Waals surface area contributed by atoms with E-state index in [0.717, 1.165) is 39.1 Å². The van der Waals surface area contributed by atoms with Crippen molar-refractivity contribution in [3.05, 3.63) is 53.7 Å². The van der Waals surface area contributed by atoms with Gasteiger partial charge in [-0.05, 0) is 25.8 Å². The number of carbonyl (C=O) groups excluding carboxylic acids is 1. The summed E-state index contributed by atoms with van der Waals surface area (Å²) in [6, 6.07) is 10.6. The molecule has 0 radical (unpaired) electrons. The van der Waals surface area contributed by atoms with Crippen LogP contribution in [0.4, 0.5) is 0 Å². The van der Waals surface area contributed by atoms with Crippen LogP contribution in [0.3, 0.4) is 0 Å². The standard InChI is InChI=1S/C22H32N4O3/c1-18(2)28-14-6-9-23-22(27)20-17-29-21(24-20)16-26-12-10-25(11-13-26)15-19-7-4-3-5-8-19/h3-5,7-8,17-18H,6,9-16H2,1-2H3,(H,23,27). The molecule has 7 nitrogen and oxygen atoms in total. The summed E-state index contributed by atoms with van der Waals surface area (Å²) in [5, 5.41) is 2.86. The molecule has 0 saturated carbocycles. The van der Waals surface area contributed by atoms with Gasteiger partial charge in [0, 0.05) is 45.9 Å². The number of benzene rings is 1. The Kier molecular flexibility index (Phi) is 8.22. The van der Waals surface area contributed by atoms with Gasteiger partial charge in [-0.1, -0.05) is 30.3 Å². The van der Waals surface area contributed by atoms with E-state index < -0.39 is 0 Å². The van der Waals surface area contributed by atoms with Crippen molar-refractivity contribution in [1.29, 1.82) is 0 Å². The fourth-order valence-electron chi connectivity index (χ4n) is 3.31. The van der Waals surface area contributed by atoms with Crippen LogP contribution in [-0.4, -0.2) is 66.1 Å². The smallest absolute Gasteiger partial charge is 0.273 e. The van der Waals surface area contributed by atoms with Crippen molar-refractivity contribution in [3.8, 4) is 0 Å². The van der Waals surface area contributed by atoms with Crippen molar-refractivity contribution in [3.63, 3.8) is 0 Å². The van der Waals surface area contributed by atoms with Gasteiger partial charge in [0.25, 0.3) is 5.91 Å². The van der Waals surface area contributed by atoms with E-state index in [0.29, 0.717) is 31.3 Å². The van der Waals surface area contributed by atoms with Gasteiger partial charge >= 0.3 is 0 Å². The minimum Gasteiger partial charge on any atom is -0.447 e. The largest absolute Gasteiger partial charge is 0.447 e. The number of carbonyl (C=O) groups is 1. The van der Waals surface area contributed by atoms with Crippen LogP contribution in [0.5, 0.6) is 0 Å². The molecule has 1 fully saturated rings. The van der Waals surface area contributed by atoms with E-state index in [9.17, 15) is 4.79 Å². The molecule has 0 spiro atoms. The van der Waals surface area contributed by atoms with Crippen molar-refractivity contribution >= 4 is 5.91 Å². The minimum absolute atomic E-state index is 0.197. The van der Waals surface area contributed by atoms with E-state index in [1.54, 1.807) is 0 Å². The van der Waals surface area contributed by atoms with Crippen LogP contribution in [0, 0.1) is 0 Å². The predicted octanol–water partition coefficient (Wildman–Crippen LogP) is 2.54. The molecule has 29 heavy (non-hydrogen) atoms. The third kappa shape index (κ3) is 7.27. The first-order chi connectivity index (χ1) is 14.1. The molecule has 2 heterocycles. The molecule has 0 atom stereocenters. The molecule has 0 unspecified atom stereocenters. The second-order valence-electron chi connectivity index (χ2n) is 7.69. The Morgan fingerprint density at radius 2 is 1.83 bits per heavy atom. The van der Waals surface area contributed by atoms with Gasteiger partial charge in [-0.3, -0.25) is 14.6 Å². The lowest BCUT2D eigenvalue weighted by atomic mass is 10.2. The van der Waals surface area contributed by atoms with Crippen molar-refractivity contribution in [1.82, 2.24) is 20.1 Å². The summed E-state index contributed by atoms with van der Waals surface area (Å²) < 4.78 is 11.0. The Bertz CT molecular complexity index is 740. The molecule has 1 saturated heterocycles. The van der Waals surface area contributed by atoms with Gasteiger partial charge in [-0.15, -0.1) is 0 Å². The number of aromatic nitrogens is 1. The molecule has 2 aromatic rings. The maximum atomic E-state index is 12.2. The summed E-state index contributed by atoms with van der Waals surface area (Å²) in [5.74, 6) is 0.395. The number of nitrogens with zero attached hydrogens (tertiary/aromatic N) is 3. The van der Waals surface area contributed by atoms with Crippen molar-refractivity contribution in [2.24, 2.45) is 0 Å². The number of ether oxygens (including phenoxy) is 1. The molecule has 1 aromatic carbocycles. The minimum atomic E-state index is -0.197. The number of oxazole rings is 1. The number of hydrogen-bond acceptors (Lipinski definition) is 6. The zero-order valence-electron chi connectivity index (χ0n) is 17.5. The predicted molar refractivity (Wildman–Crippen MR) is 112 cm³/mol. The zero-order valence-corrected chi connectivity index (χ0v) is 17.5. The maximum absolute atomic E-state index is 12.2. The third-order valence-corrected chi connectivity index (χ3v) is 4.92. The molecular formula is C22H32N4O3. The maximum Gasteiger partial charge on any atom is 0.273 e. The van der Waals surface area contributed by atoms with Crippen LogP contribution in [0.15, 0.2) is 41.0 Å².